The van der Waals surface area contributed by atoms with Crippen molar-refractivity contribution in [1.29, 1.82) is 0 Å². The Morgan fingerprint density at radius 1 is 0.955 bits per heavy atom. The van der Waals surface area contributed by atoms with E-state index in [1.807, 2.05) is 42.5 Å². The number of ether oxygens (including phenoxy) is 1. The highest BCUT2D eigenvalue weighted by Gasteiger charge is 2.17. The van der Waals surface area contributed by atoms with E-state index in [-0.39, 0.29) is 0 Å². The summed E-state index contributed by atoms with van der Waals surface area (Å²) in [6, 6.07) is 13.8. The van der Waals surface area contributed by atoms with Crippen LogP contribution < -0.4 is 10.2 Å². The van der Waals surface area contributed by atoms with Gasteiger partial charge in [-0.25, -0.2) is 0 Å². The molecule has 2 aromatic rings. The number of para-hydroxylation sites is 1. The molecule has 0 unspecified atom stereocenters. The fourth-order valence-electron chi connectivity index (χ4n) is 2.60. The monoisotopic (exact) mass is 336 g/mol. The molecule has 0 aromatic heterocycles. The molecule has 0 amide bonds. The maximum Gasteiger partial charge on any atom is 0.0792 e. The highest BCUT2D eigenvalue weighted by atomic mass is 35.5. The maximum absolute atomic E-state index is 6.43. The molecule has 1 aliphatic heterocycles. The van der Waals surface area contributed by atoms with E-state index in [4.69, 9.17) is 27.9 Å². The van der Waals surface area contributed by atoms with E-state index >= 15 is 0 Å². The molecule has 0 aliphatic carbocycles. The molecule has 2 aromatic carbocycles. The van der Waals surface area contributed by atoms with Crippen LogP contribution in [0.3, 0.4) is 0 Å². The first kappa shape index (κ1) is 15.5. The van der Waals surface area contributed by atoms with Gasteiger partial charge in [0.2, 0.25) is 0 Å². The third kappa shape index (κ3) is 3.49. The minimum absolute atomic E-state index is 0.664. The molecule has 1 aliphatic rings. The number of hydrogen-bond donors (Lipinski definition) is 1. The summed E-state index contributed by atoms with van der Waals surface area (Å²) in [7, 11) is 0. The number of rotatable bonds is 4. The lowest BCUT2D eigenvalue weighted by Crippen LogP contribution is -2.36. The number of halogens is 2. The smallest absolute Gasteiger partial charge is 0.0792 e. The Morgan fingerprint density at radius 2 is 1.68 bits per heavy atom. The minimum atomic E-state index is 0.664. The van der Waals surface area contributed by atoms with Crippen molar-refractivity contribution in [3.8, 4) is 0 Å². The largest absolute Gasteiger partial charge is 0.379 e. The van der Waals surface area contributed by atoms with Crippen molar-refractivity contribution in [2.75, 3.05) is 36.5 Å². The van der Waals surface area contributed by atoms with Crippen LogP contribution in [-0.4, -0.2) is 26.3 Å². The summed E-state index contributed by atoms with van der Waals surface area (Å²) in [6.45, 7) is 3.83. The van der Waals surface area contributed by atoms with Gasteiger partial charge in [-0.05, 0) is 23.8 Å². The summed E-state index contributed by atoms with van der Waals surface area (Å²) in [5.41, 5.74) is 3.13. The zero-order chi connectivity index (χ0) is 15.4. The standard InChI is InChI=1S/C17H18Cl2N2O/c18-14-5-2-1-4-13(14)12-20-16-7-3-6-15(19)17(16)21-8-10-22-11-9-21/h1-7,20H,8-12H2. The topological polar surface area (TPSA) is 24.5 Å². The minimum Gasteiger partial charge on any atom is -0.379 e. The van der Waals surface area contributed by atoms with E-state index in [1.165, 1.54) is 0 Å². The molecule has 3 nitrogen and oxygen atoms in total. The molecule has 1 fully saturated rings. The lowest BCUT2D eigenvalue weighted by Gasteiger charge is -2.31. The highest BCUT2D eigenvalue weighted by molar-refractivity contribution is 6.34. The molecule has 0 saturated carbocycles. The van der Waals surface area contributed by atoms with Crippen molar-refractivity contribution < 1.29 is 4.74 Å². The number of benzene rings is 2. The Morgan fingerprint density at radius 3 is 2.45 bits per heavy atom. The van der Waals surface area contributed by atoms with Gasteiger partial charge in [-0.2, -0.15) is 0 Å². The van der Waals surface area contributed by atoms with Crippen molar-refractivity contribution in [2.24, 2.45) is 0 Å². The normalized spacial score (nSPS) is 14.9. The summed E-state index contributed by atoms with van der Waals surface area (Å²) in [4.78, 5) is 2.26. The predicted octanol–water partition coefficient (Wildman–Crippen LogP) is 4.44. The molecule has 1 N–H and O–H groups in total. The summed E-state index contributed by atoms with van der Waals surface area (Å²) in [6.07, 6.45) is 0. The third-order valence-electron chi connectivity index (χ3n) is 3.74. The van der Waals surface area contributed by atoms with Gasteiger partial charge < -0.3 is 15.0 Å². The molecule has 22 heavy (non-hydrogen) atoms. The van der Waals surface area contributed by atoms with E-state index < -0.39 is 0 Å². The van der Waals surface area contributed by atoms with E-state index in [0.29, 0.717) is 6.54 Å². The molecule has 1 heterocycles. The van der Waals surface area contributed by atoms with Crippen molar-refractivity contribution in [1.82, 2.24) is 0 Å². The van der Waals surface area contributed by atoms with Gasteiger partial charge in [-0.1, -0.05) is 47.5 Å². The zero-order valence-corrected chi connectivity index (χ0v) is 13.7. The quantitative estimate of drug-likeness (QED) is 0.893. The van der Waals surface area contributed by atoms with Gasteiger partial charge in [0.05, 0.1) is 29.6 Å². The lowest BCUT2D eigenvalue weighted by atomic mass is 10.2. The van der Waals surface area contributed by atoms with Crippen LogP contribution in [0.1, 0.15) is 5.56 Å². The van der Waals surface area contributed by atoms with Gasteiger partial charge in [0.25, 0.3) is 0 Å². The zero-order valence-electron chi connectivity index (χ0n) is 12.2. The van der Waals surface area contributed by atoms with Crippen molar-refractivity contribution in [2.45, 2.75) is 6.54 Å². The van der Waals surface area contributed by atoms with Crippen LogP contribution in [0, 0.1) is 0 Å². The van der Waals surface area contributed by atoms with Gasteiger partial charge in [0, 0.05) is 24.7 Å². The Balaban J connectivity index is 1.81. The summed E-state index contributed by atoms with van der Waals surface area (Å²) in [5.74, 6) is 0. The first-order valence-electron chi connectivity index (χ1n) is 7.34. The Hall–Kier alpha value is -1.42. The molecular formula is C17H18Cl2N2O. The average Bonchev–Trinajstić information content (AvgIpc) is 2.55. The predicted molar refractivity (Wildman–Crippen MR) is 93.3 cm³/mol. The second kappa shape index (κ2) is 7.23. The van der Waals surface area contributed by atoms with E-state index in [1.54, 1.807) is 0 Å². The first-order valence-corrected chi connectivity index (χ1v) is 8.10. The lowest BCUT2D eigenvalue weighted by molar-refractivity contribution is 0.123. The van der Waals surface area contributed by atoms with Crippen LogP contribution in [-0.2, 0) is 11.3 Å². The van der Waals surface area contributed by atoms with Crippen LogP contribution in [0.15, 0.2) is 42.5 Å². The van der Waals surface area contributed by atoms with Crippen molar-refractivity contribution >= 4 is 34.6 Å². The second-order valence-corrected chi connectivity index (χ2v) is 5.99. The number of anilines is 2. The fourth-order valence-corrected chi connectivity index (χ4v) is 3.10. The number of nitrogens with one attached hydrogen (secondary N) is 1. The first-order chi connectivity index (χ1) is 10.8. The third-order valence-corrected chi connectivity index (χ3v) is 4.41. The highest BCUT2D eigenvalue weighted by Crippen LogP contribution is 2.35. The molecule has 0 spiro atoms. The SMILES string of the molecule is Clc1ccccc1CNc1cccc(Cl)c1N1CCOCC1. The maximum atomic E-state index is 6.43. The summed E-state index contributed by atoms with van der Waals surface area (Å²) >= 11 is 12.6. The molecule has 3 rings (SSSR count). The van der Waals surface area contributed by atoms with Gasteiger partial charge in [0.15, 0.2) is 0 Å². The number of nitrogens with zero attached hydrogens (tertiary/aromatic N) is 1. The molecule has 1 saturated heterocycles. The van der Waals surface area contributed by atoms with Gasteiger partial charge in [-0.3, -0.25) is 0 Å². The molecule has 0 atom stereocenters. The molecule has 0 radical (unpaired) electrons. The number of hydrogen-bond acceptors (Lipinski definition) is 3. The van der Waals surface area contributed by atoms with Crippen LogP contribution >= 0.6 is 23.2 Å². The average molecular weight is 337 g/mol. The van der Waals surface area contributed by atoms with Gasteiger partial charge in [-0.15, -0.1) is 0 Å². The Labute approximate surface area is 140 Å². The Bertz CT molecular complexity index is 642. The second-order valence-electron chi connectivity index (χ2n) is 5.18. The molecule has 5 heteroatoms. The van der Waals surface area contributed by atoms with E-state index in [0.717, 1.165) is 53.3 Å². The van der Waals surface area contributed by atoms with Crippen LogP contribution in [0.25, 0.3) is 0 Å². The summed E-state index contributed by atoms with van der Waals surface area (Å²) in [5, 5.41) is 4.98. The van der Waals surface area contributed by atoms with Crippen molar-refractivity contribution in [3.63, 3.8) is 0 Å². The van der Waals surface area contributed by atoms with Gasteiger partial charge in [0.1, 0.15) is 0 Å². The molecule has 0 bridgehead atoms. The van der Waals surface area contributed by atoms with E-state index in [2.05, 4.69) is 10.2 Å². The van der Waals surface area contributed by atoms with Gasteiger partial charge >= 0.3 is 0 Å². The summed E-state index contributed by atoms with van der Waals surface area (Å²) < 4.78 is 5.42. The van der Waals surface area contributed by atoms with Crippen LogP contribution in [0.2, 0.25) is 10.0 Å². The van der Waals surface area contributed by atoms with Crippen LogP contribution in [0.5, 0.6) is 0 Å². The molecular weight excluding hydrogens is 319 g/mol. The molecule has 116 valence electrons. The number of morpholine rings is 1. The van der Waals surface area contributed by atoms with E-state index in [9.17, 15) is 0 Å². The fraction of sp³-hybridized carbons (Fsp3) is 0.294. The Kier molecular flexibility index (Phi) is 5.08. The van der Waals surface area contributed by atoms with Crippen LogP contribution in [0.4, 0.5) is 11.4 Å². The van der Waals surface area contributed by atoms with Crippen molar-refractivity contribution in [3.05, 3.63) is 58.1 Å².